The zero-order valence-corrected chi connectivity index (χ0v) is 16.7. The van der Waals surface area contributed by atoms with Gasteiger partial charge in [0.2, 0.25) is 0 Å². The van der Waals surface area contributed by atoms with Crippen molar-refractivity contribution in [2.45, 2.75) is 0 Å². The molecule has 0 aliphatic heterocycles. The van der Waals surface area contributed by atoms with Crippen molar-refractivity contribution in [3.05, 3.63) is 66.7 Å². The predicted octanol–water partition coefficient (Wildman–Crippen LogP) is 4.29. The molecule has 0 bridgehead atoms. The minimum absolute atomic E-state index is 0.00398. The minimum Gasteiger partial charge on any atom is -0.507 e. The zero-order valence-electron chi connectivity index (χ0n) is 15.9. The first-order valence-electron chi connectivity index (χ1n) is 8.95. The number of hydrogen-bond donors (Lipinski definition) is 3. The van der Waals surface area contributed by atoms with E-state index in [4.69, 9.17) is 0 Å². The number of phenolic OH excluding ortho intramolecular Hbond substituents is 2. The van der Waals surface area contributed by atoms with E-state index in [0.29, 0.717) is 27.6 Å². The summed E-state index contributed by atoms with van der Waals surface area (Å²) in [5.74, 6) is -0.0317. The molecule has 0 unspecified atom stereocenters. The highest BCUT2D eigenvalue weighted by Gasteiger charge is 2.21. The summed E-state index contributed by atoms with van der Waals surface area (Å²) in [6, 6.07) is 19.4. The fourth-order valence-electron chi connectivity index (χ4n) is 3.41. The Morgan fingerprint density at radius 1 is 0.828 bits per heavy atom. The normalized spacial score (nSPS) is 12.0. The van der Waals surface area contributed by atoms with Gasteiger partial charge in [-0.1, -0.05) is 54.6 Å². The van der Waals surface area contributed by atoms with Crippen LogP contribution in [0.15, 0.2) is 66.7 Å². The fraction of sp³-hybridized carbons (Fsp3) is 0.0909. The lowest BCUT2D eigenvalue weighted by molar-refractivity contribution is 0.472. The molecular formula is C22H20N2O4S. The number of rotatable bonds is 4. The maximum absolute atomic E-state index is 12.5. The molecule has 0 aromatic heterocycles. The van der Waals surface area contributed by atoms with E-state index in [-0.39, 0.29) is 11.5 Å². The van der Waals surface area contributed by atoms with Crippen molar-refractivity contribution in [1.29, 1.82) is 0 Å². The molecule has 148 valence electrons. The third-order valence-electron chi connectivity index (χ3n) is 4.91. The van der Waals surface area contributed by atoms with Crippen LogP contribution in [0.2, 0.25) is 0 Å². The lowest BCUT2D eigenvalue weighted by atomic mass is 9.93. The smallest absolute Gasteiger partial charge is 0.301 e. The Morgan fingerprint density at radius 3 is 2.14 bits per heavy atom. The molecule has 0 spiro atoms. The van der Waals surface area contributed by atoms with Crippen molar-refractivity contribution < 1.29 is 18.6 Å². The number of aromatic hydroxyl groups is 2. The monoisotopic (exact) mass is 408 g/mol. The molecule has 0 heterocycles. The molecule has 4 aromatic rings. The topological polar surface area (TPSA) is 89.9 Å². The van der Waals surface area contributed by atoms with E-state index in [1.54, 1.807) is 42.5 Å². The Hall–Kier alpha value is -3.29. The number of phenols is 2. The van der Waals surface area contributed by atoms with E-state index < -0.39 is 10.2 Å². The van der Waals surface area contributed by atoms with E-state index in [2.05, 4.69) is 4.72 Å². The highest BCUT2D eigenvalue weighted by molar-refractivity contribution is 7.90. The number of fused-ring (bicyclic) bond motifs is 2. The van der Waals surface area contributed by atoms with Crippen LogP contribution in [0.5, 0.6) is 11.5 Å². The molecule has 0 fully saturated rings. The summed E-state index contributed by atoms with van der Waals surface area (Å²) in [5.41, 5.74) is 1.10. The predicted molar refractivity (Wildman–Crippen MR) is 116 cm³/mol. The number of nitrogens with one attached hydrogen (secondary N) is 1. The lowest BCUT2D eigenvalue weighted by Crippen LogP contribution is -2.29. The molecule has 29 heavy (non-hydrogen) atoms. The Bertz CT molecular complexity index is 1350. The van der Waals surface area contributed by atoms with Gasteiger partial charge in [0.15, 0.2) is 0 Å². The largest absolute Gasteiger partial charge is 0.507 e. The summed E-state index contributed by atoms with van der Waals surface area (Å²) >= 11 is 0. The number of nitrogens with zero attached hydrogens (tertiary/aromatic N) is 1. The van der Waals surface area contributed by atoms with Crippen LogP contribution in [0, 0.1) is 0 Å². The van der Waals surface area contributed by atoms with Crippen LogP contribution in [0.3, 0.4) is 0 Å². The van der Waals surface area contributed by atoms with Gasteiger partial charge in [-0.2, -0.15) is 12.7 Å². The average Bonchev–Trinajstić information content (AvgIpc) is 2.70. The van der Waals surface area contributed by atoms with Crippen LogP contribution in [-0.4, -0.2) is 37.0 Å². The molecule has 0 amide bonds. The summed E-state index contributed by atoms with van der Waals surface area (Å²) in [7, 11) is -0.902. The summed E-state index contributed by atoms with van der Waals surface area (Å²) in [4.78, 5) is 0. The van der Waals surface area contributed by atoms with E-state index in [0.717, 1.165) is 15.1 Å². The Balaban J connectivity index is 2.08. The van der Waals surface area contributed by atoms with E-state index in [9.17, 15) is 18.6 Å². The summed E-state index contributed by atoms with van der Waals surface area (Å²) in [6.45, 7) is 0. The first-order chi connectivity index (χ1) is 13.8. The molecule has 0 radical (unpaired) electrons. The second-order valence-electron chi connectivity index (χ2n) is 6.94. The molecular weight excluding hydrogens is 388 g/mol. The standard InChI is InChI=1S/C22H20N2O4S/c1-24(2)29(27,28)23-19-13-18(22(26)17-10-6-5-9-16(17)19)21-15-8-4-3-7-14(15)11-12-20(21)25/h3-13,23,25-26H,1-2H3. The third-order valence-corrected chi connectivity index (χ3v) is 6.35. The van der Waals surface area contributed by atoms with Gasteiger partial charge in [-0.15, -0.1) is 0 Å². The van der Waals surface area contributed by atoms with Gasteiger partial charge in [-0.3, -0.25) is 4.72 Å². The molecule has 3 N–H and O–H groups in total. The zero-order chi connectivity index (χ0) is 20.8. The van der Waals surface area contributed by atoms with Crippen LogP contribution < -0.4 is 4.72 Å². The van der Waals surface area contributed by atoms with Crippen molar-refractivity contribution in [2.75, 3.05) is 18.8 Å². The quantitative estimate of drug-likeness (QED) is 0.440. The van der Waals surface area contributed by atoms with Gasteiger partial charge in [-0.05, 0) is 22.9 Å². The SMILES string of the molecule is CN(C)S(=O)(=O)Nc1cc(-c2c(O)ccc3ccccc23)c(O)c2ccccc12. The van der Waals surface area contributed by atoms with Crippen LogP contribution in [-0.2, 0) is 10.2 Å². The second-order valence-corrected chi connectivity index (χ2v) is 8.82. The fourth-order valence-corrected chi connectivity index (χ4v) is 4.04. The molecule has 6 nitrogen and oxygen atoms in total. The Kier molecular flexibility index (Phi) is 4.56. The van der Waals surface area contributed by atoms with Crippen LogP contribution >= 0.6 is 0 Å². The van der Waals surface area contributed by atoms with Crippen molar-refractivity contribution in [3.8, 4) is 22.6 Å². The maximum atomic E-state index is 12.5. The Labute approximate surface area is 168 Å². The summed E-state index contributed by atoms with van der Waals surface area (Å²) in [5, 5.41) is 24.3. The average molecular weight is 408 g/mol. The molecule has 0 saturated heterocycles. The van der Waals surface area contributed by atoms with Crippen LogP contribution in [0.4, 0.5) is 5.69 Å². The summed E-state index contributed by atoms with van der Waals surface area (Å²) in [6.07, 6.45) is 0. The second kappa shape index (κ2) is 6.95. The lowest BCUT2D eigenvalue weighted by Gasteiger charge is -2.18. The van der Waals surface area contributed by atoms with Gasteiger partial charge in [0, 0.05) is 36.0 Å². The summed E-state index contributed by atoms with van der Waals surface area (Å²) < 4.78 is 28.6. The Morgan fingerprint density at radius 2 is 1.45 bits per heavy atom. The molecule has 7 heteroatoms. The number of hydrogen-bond acceptors (Lipinski definition) is 4. The molecule has 4 rings (SSSR count). The molecule has 0 aliphatic carbocycles. The van der Waals surface area contributed by atoms with Crippen molar-refractivity contribution >= 4 is 37.4 Å². The van der Waals surface area contributed by atoms with E-state index in [1.165, 1.54) is 14.1 Å². The van der Waals surface area contributed by atoms with Crippen molar-refractivity contribution in [3.63, 3.8) is 0 Å². The maximum Gasteiger partial charge on any atom is 0.301 e. The van der Waals surface area contributed by atoms with Crippen molar-refractivity contribution in [1.82, 2.24) is 4.31 Å². The van der Waals surface area contributed by atoms with Crippen molar-refractivity contribution in [2.24, 2.45) is 0 Å². The van der Waals surface area contributed by atoms with E-state index in [1.807, 2.05) is 24.3 Å². The molecule has 0 saturated carbocycles. The van der Waals surface area contributed by atoms with Gasteiger partial charge in [0.25, 0.3) is 0 Å². The molecule has 0 aliphatic rings. The third kappa shape index (κ3) is 3.24. The minimum atomic E-state index is -3.77. The van der Waals surface area contributed by atoms with Gasteiger partial charge < -0.3 is 10.2 Å². The van der Waals surface area contributed by atoms with Gasteiger partial charge in [0.05, 0.1) is 5.69 Å². The first kappa shape index (κ1) is 19.0. The van der Waals surface area contributed by atoms with Crippen LogP contribution in [0.25, 0.3) is 32.7 Å². The van der Waals surface area contributed by atoms with E-state index >= 15 is 0 Å². The van der Waals surface area contributed by atoms with Gasteiger partial charge in [0.1, 0.15) is 11.5 Å². The highest BCUT2D eigenvalue weighted by Crippen LogP contribution is 2.46. The van der Waals surface area contributed by atoms with Gasteiger partial charge in [-0.25, -0.2) is 0 Å². The first-order valence-corrected chi connectivity index (χ1v) is 10.4. The number of benzene rings is 4. The van der Waals surface area contributed by atoms with Gasteiger partial charge >= 0.3 is 10.2 Å². The highest BCUT2D eigenvalue weighted by atomic mass is 32.2. The molecule has 4 aromatic carbocycles. The van der Waals surface area contributed by atoms with Crippen LogP contribution in [0.1, 0.15) is 0 Å². The molecule has 0 atom stereocenters. The number of anilines is 1.